The Morgan fingerprint density at radius 1 is 1.19 bits per heavy atom. The minimum atomic E-state index is -4.32. The Bertz CT molecular complexity index is 1060. The van der Waals surface area contributed by atoms with Crippen molar-refractivity contribution in [1.82, 2.24) is 24.8 Å². The molecule has 172 valence electrons. The second-order valence-corrected chi connectivity index (χ2v) is 8.31. The fraction of sp³-hybridized carbons (Fsp3) is 0.500. The van der Waals surface area contributed by atoms with Crippen LogP contribution in [-0.4, -0.2) is 45.0 Å². The van der Waals surface area contributed by atoms with Crippen LogP contribution in [0, 0.1) is 0 Å². The molecule has 10 heteroatoms. The lowest BCUT2D eigenvalue weighted by Gasteiger charge is -2.16. The quantitative estimate of drug-likeness (QED) is 0.536. The van der Waals surface area contributed by atoms with Crippen LogP contribution in [0.25, 0.3) is 11.6 Å². The van der Waals surface area contributed by atoms with E-state index in [-0.39, 0.29) is 6.04 Å². The standard InChI is InChI=1S/C22H26F3N5O2/c1-14(2)30-18-9-11-31-13-17(18)20(27-30)21-26-19(28-32-21)8-10-29(3)12-15-4-6-16(7-5-15)22(23,24)25/h4-7,14H,8-13H2,1-3H3. The molecule has 0 N–H and O–H groups in total. The molecule has 32 heavy (non-hydrogen) atoms. The maximum atomic E-state index is 12.7. The Balaban J connectivity index is 1.39. The van der Waals surface area contributed by atoms with Crippen LogP contribution >= 0.6 is 0 Å². The Morgan fingerprint density at radius 2 is 1.94 bits per heavy atom. The molecule has 0 atom stereocenters. The predicted octanol–water partition coefficient (Wildman–Crippen LogP) is 4.28. The summed E-state index contributed by atoms with van der Waals surface area (Å²) in [5.41, 5.74) is 2.98. The fourth-order valence-corrected chi connectivity index (χ4v) is 3.79. The van der Waals surface area contributed by atoms with Gasteiger partial charge in [0, 0.05) is 43.2 Å². The maximum absolute atomic E-state index is 12.7. The number of hydrogen-bond donors (Lipinski definition) is 0. The lowest BCUT2D eigenvalue weighted by molar-refractivity contribution is -0.137. The zero-order valence-electron chi connectivity index (χ0n) is 18.3. The molecule has 3 heterocycles. The van der Waals surface area contributed by atoms with Crippen LogP contribution in [0.4, 0.5) is 13.2 Å². The van der Waals surface area contributed by atoms with Crippen LogP contribution < -0.4 is 0 Å². The van der Waals surface area contributed by atoms with E-state index in [9.17, 15) is 13.2 Å². The van der Waals surface area contributed by atoms with Gasteiger partial charge in [0.1, 0.15) is 0 Å². The molecule has 7 nitrogen and oxygen atoms in total. The van der Waals surface area contributed by atoms with Gasteiger partial charge in [-0.15, -0.1) is 0 Å². The van der Waals surface area contributed by atoms with Gasteiger partial charge in [0.15, 0.2) is 11.5 Å². The Morgan fingerprint density at radius 3 is 2.62 bits per heavy atom. The zero-order valence-corrected chi connectivity index (χ0v) is 18.3. The van der Waals surface area contributed by atoms with E-state index in [4.69, 9.17) is 14.4 Å². The molecule has 4 rings (SSSR count). The third-order valence-corrected chi connectivity index (χ3v) is 5.46. The summed E-state index contributed by atoms with van der Waals surface area (Å²) in [5.74, 6) is 0.940. The molecule has 1 aliphatic heterocycles. The van der Waals surface area contributed by atoms with Crippen LogP contribution in [0.5, 0.6) is 0 Å². The van der Waals surface area contributed by atoms with Crippen molar-refractivity contribution < 1.29 is 22.4 Å². The van der Waals surface area contributed by atoms with Crippen molar-refractivity contribution in [2.75, 3.05) is 20.2 Å². The van der Waals surface area contributed by atoms with E-state index in [0.717, 1.165) is 35.4 Å². The lowest BCUT2D eigenvalue weighted by Crippen LogP contribution is -2.21. The molecule has 3 aromatic rings. The van der Waals surface area contributed by atoms with Crippen LogP contribution in [0.1, 0.15) is 48.1 Å². The zero-order chi connectivity index (χ0) is 22.9. The van der Waals surface area contributed by atoms with Gasteiger partial charge in [-0.05, 0) is 38.6 Å². The highest BCUT2D eigenvalue weighted by molar-refractivity contribution is 5.55. The van der Waals surface area contributed by atoms with Gasteiger partial charge in [0.25, 0.3) is 5.89 Å². The normalized spacial score (nSPS) is 14.4. The first kappa shape index (κ1) is 22.5. The van der Waals surface area contributed by atoms with Crippen LogP contribution in [0.15, 0.2) is 28.8 Å². The van der Waals surface area contributed by atoms with E-state index < -0.39 is 11.7 Å². The molecule has 0 fully saturated rings. The van der Waals surface area contributed by atoms with Gasteiger partial charge in [0.05, 0.1) is 18.8 Å². The molecule has 0 bridgehead atoms. The predicted molar refractivity (Wildman–Crippen MR) is 111 cm³/mol. The van der Waals surface area contributed by atoms with Crippen molar-refractivity contribution in [1.29, 1.82) is 0 Å². The number of ether oxygens (including phenoxy) is 1. The van der Waals surface area contributed by atoms with Crippen molar-refractivity contribution in [3.63, 3.8) is 0 Å². The Labute approximate surface area is 184 Å². The molecule has 0 unspecified atom stereocenters. The SMILES string of the molecule is CC(C)n1nc(-c2nc(CCN(C)Cc3ccc(C(F)(F)F)cc3)no2)c2c1CCOC2. The summed E-state index contributed by atoms with van der Waals surface area (Å²) >= 11 is 0. The van der Waals surface area contributed by atoms with E-state index in [0.29, 0.717) is 50.1 Å². The molecular formula is C22H26F3N5O2. The molecule has 0 aliphatic carbocycles. The highest BCUT2D eigenvalue weighted by Crippen LogP contribution is 2.30. The van der Waals surface area contributed by atoms with E-state index >= 15 is 0 Å². The van der Waals surface area contributed by atoms with Crippen molar-refractivity contribution in [3.8, 4) is 11.6 Å². The Hall–Kier alpha value is -2.72. The molecule has 0 amide bonds. The number of hydrogen-bond acceptors (Lipinski definition) is 6. The summed E-state index contributed by atoms with van der Waals surface area (Å²) in [4.78, 5) is 6.52. The van der Waals surface area contributed by atoms with Gasteiger partial charge in [0.2, 0.25) is 0 Å². The molecule has 2 aromatic heterocycles. The van der Waals surface area contributed by atoms with E-state index in [1.54, 1.807) is 0 Å². The third kappa shape index (κ3) is 4.86. The summed E-state index contributed by atoms with van der Waals surface area (Å²) < 4.78 is 51.2. The third-order valence-electron chi connectivity index (χ3n) is 5.46. The second-order valence-electron chi connectivity index (χ2n) is 8.31. The number of alkyl halides is 3. The van der Waals surface area contributed by atoms with Gasteiger partial charge in [-0.1, -0.05) is 17.3 Å². The summed E-state index contributed by atoms with van der Waals surface area (Å²) in [6.45, 7) is 6.46. The molecular weight excluding hydrogens is 423 g/mol. The first-order valence-corrected chi connectivity index (χ1v) is 10.6. The van der Waals surface area contributed by atoms with E-state index in [2.05, 4.69) is 24.0 Å². The highest BCUT2D eigenvalue weighted by Gasteiger charge is 2.30. The summed E-state index contributed by atoms with van der Waals surface area (Å²) in [7, 11) is 1.90. The molecule has 0 spiro atoms. The molecule has 1 aliphatic rings. The first-order chi connectivity index (χ1) is 15.2. The molecule has 0 saturated carbocycles. The number of aromatic nitrogens is 4. The molecule has 0 radical (unpaired) electrons. The minimum absolute atomic E-state index is 0.219. The molecule has 1 aromatic carbocycles. The van der Waals surface area contributed by atoms with E-state index in [1.807, 2.05) is 16.6 Å². The average Bonchev–Trinajstić information content (AvgIpc) is 3.37. The van der Waals surface area contributed by atoms with E-state index in [1.165, 1.54) is 12.1 Å². The smallest absolute Gasteiger partial charge is 0.376 e. The number of fused-ring (bicyclic) bond motifs is 1. The van der Waals surface area contributed by atoms with Crippen molar-refractivity contribution in [2.45, 2.75) is 52.1 Å². The van der Waals surface area contributed by atoms with Gasteiger partial charge in [-0.3, -0.25) is 4.68 Å². The summed E-state index contributed by atoms with van der Waals surface area (Å²) in [6.07, 6.45) is -2.97. The average molecular weight is 449 g/mol. The number of likely N-dealkylation sites (N-methyl/N-ethyl adjacent to an activating group) is 1. The largest absolute Gasteiger partial charge is 0.416 e. The van der Waals surface area contributed by atoms with Gasteiger partial charge >= 0.3 is 6.18 Å². The van der Waals surface area contributed by atoms with Crippen molar-refractivity contribution in [3.05, 3.63) is 52.5 Å². The van der Waals surface area contributed by atoms with Gasteiger partial charge < -0.3 is 14.2 Å². The summed E-state index contributed by atoms with van der Waals surface area (Å²) in [6, 6.07) is 5.44. The van der Waals surface area contributed by atoms with Gasteiger partial charge in [-0.2, -0.15) is 23.3 Å². The van der Waals surface area contributed by atoms with Crippen LogP contribution in [0.2, 0.25) is 0 Å². The lowest BCUT2D eigenvalue weighted by atomic mass is 10.1. The molecule has 0 saturated heterocycles. The number of nitrogens with zero attached hydrogens (tertiary/aromatic N) is 5. The minimum Gasteiger partial charge on any atom is -0.376 e. The van der Waals surface area contributed by atoms with Crippen LogP contribution in [0.3, 0.4) is 0 Å². The van der Waals surface area contributed by atoms with Crippen molar-refractivity contribution in [2.24, 2.45) is 0 Å². The number of benzene rings is 1. The van der Waals surface area contributed by atoms with Crippen LogP contribution in [-0.2, 0) is 36.9 Å². The monoisotopic (exact) mass is 449 g/mol. The fourth-order valence-electron chi connectivity index (χ4n) is 3.79. The Kier molecular flexibility index (Phi) is 6.34. The first-order valence-electron chi connectivity index (χ1n) is 10.6. The maximum Gasteiger partial charge on any atom is 0.416 e. The van der Waals surface area contributed by atoms with Gasteiger partial charge in [-0.25, -0.2) is 0 Å². The summed E-state index contributed by atoms with van der Waals surface area (Å²) in [5, 5.41) is 8.79. The second kappa shape index (κ2) is 9.03. The number of halogens is 3. The topological polar surface area (TPSA) is 69.2 Å². The highest BCUT2D eigenvalue weighted by atomic mass is 19.4. The number of rotatable bonds is 7. The van der Waals surface area contributed by atoms with Crippen molar-refractivity contribution >= 4 is 0 Å².